The van der Waals surface area contributed by atoms with Crippen LogP contribution in [-0.2, 0) is 0 Å². The van der Waals surface area contributed by atoms with Gasteiger partial charge in [-0.2, -0.15) is 0 Å². The zero-order chi connectivity index (χ0) is 14.7. The molecule has 2 aromatic carbocycles. The van der Waals surface area contributed by atoms with Crippen LogP contribution in [0.5, 0.6) is 5.75 Å². The first-order valence-electron chi connectivity index (χ1n) is 6.93. The van der Waals surface area contributed by atoms with Crippen molar-refractivity contribution in [2.45, 2.75) is 12.1 Å². The van der Waals surface area contributed by atoms with Gasteiger partial charge in [-0.05, 0) is 29.8 Å². The number of hydrogen-bond acceptors (Lipinski definition) is 3. The van der Waals surface area contributed by atoms with Crippen LogP contribution in [-0.4, -0.2) is 5.72 Å². The Kier molecular flexibility index (Phi) is 3.50. The van der Waals surface area contributed by atoms with Crippen molar-refractivity contribution >= 4 is 11.3 Å². The Labute approximate surface area is 124 Å². The van der Waals surface area contributed by atoms with Crippen LogP contribution in [0, 0.1) is 0 Å². The maximum atomic E-state index is 6.53. The van der Waals surface area contributed by atoms with Crippen molar-refractivity contribution in [3.05, 3.63) is 78.4 Å². The molecule has 1 atom stereocenters. The number of ether oxygens (including phenoxy) is 1. The maximum absolute atomic E-state index is 6.53. The average Bonchev–Trinajstić information content (AvgIpc) is 2.48. The second-order valence-electron chi connectivity index (χ2n) is 5.14. The Balaban J connectivity index is 1.97. The number of anilines is 1. The Morgan fingerprint density at radius 2 is 1.81 bits per heavy atom. The van der Waals surface area contributed by atoms with Crippen molar-refractivity contribution in [3.63, 3.8) is 0 Å². The lowest BCUT2D eigenvalue weighted by Gasteiger charge is -2.34. The third-order valence-corrected chi connectivity index (χ3v) is 3.52. The van der Waals surface area contributed by atoms with E-state index in [1.54, 1.807) is 0 Å². The van der Waals surface area contributed by atoms with E-state index >= 15 is 0 Å². The largest absolute Gasteiger partial charge is 0.468 e. The molecule has 0 aliphatic heterocycles. The zero-order valence-electron chi connectivity index (χ0n) is 11.7. The van der Waals surface area contributed by atoms with Gasteiger partial charge in [0.2, 0.25) is 0 Å². The average molecular weight is 278 g/mol. The summed E-state index contributed by atoms with van der Waals surface area (Å²) < 4.78 is 6.07. The number of nitrogen functional groups attached to an aromatic ring is 1. The number of benzene rings is 2. The van der Waals surface area contributed by atoms with Gasteiger partial charge in [-0.25, -0.2) is 0 Å². The second-order valence-corrected chi connectivity index (χ2v) is 5.14. The van der Waals surface area contributed by atoms with Gasteiger partial charge < -0.3 is 10.5 Å². The number of hydrogen-bond donors (Lipinski definition) is 2. The fourth-order valence-corrected chi connectivity index (χ4v) is 2.50. The van der Waals surface area contributed by atoms with E-state index in [2.05, 4.69) is 0 Å². The highest BCUT2D eigenvalue weighted by Crippen LogP contribution is 2.34. The van der Waals surface area contributed by atoms with Gasteiger partial charge in [-0.15, -0.1) is 0 Å². The molecule has 4 N–H and O–H groups in total. The molecule has 3 rings (SSSR count). The summed E-state index contributed by atoms with van der Waals surface area (Å²) in [4.78, 5) is 0. The van der Waals surface area contributed by atoms with Crippen LogP contribution in [0.4, 0.5) is 5.69 Å². The molecule has 0 saturated heterocycles. The number of para-hydroxylation sites is 1. The molecule has 1 aliphatic carbocycles. The van der Waals surface area contributed by atoms with Crippen LogP contribution in [0.2, 0.25) is 0 Å². The van der Waals surface area contributed by atoms with Gasteiger partial charge in [0.25, 0.3) is 0 Å². The highest BCUT2D eigenvalue weighted by atomic mass is 16.5. The van der Waals surface area contributed by atoms with Gasteiger partial charge >= 0.3 is 0 Å². The fraction of sp³-hybridized carbons (Fsp3) is 0.111. The molecule has 3 heteroatoms. The predicted octanol–water partition coefficient (Wildman–Crippen LogP) is 3.35. The lowest BCUT2D eigenvalue weighted by atomic mass is 9.89. The van der Waals surface area contributed by atoms with E-state index < -0.39 is 5.72 Å². The minimum Gasteiger partial charge on any atom is -0.468 e. The summed E-state index contributed by atoms with van der Waals surface area (Å²) >= 11 is 0. The first kappa shape index (κ1) is 13.5. The van der Waals surface area contributed by atoms with Crippen molar-refractivity contribution in [1.29, 1.82) is 0 Å². The van der Waals surface area contributed by atoms with E-state index in [0.29, 0.717) is 12.1 Å². The van der Waals surface area contributed by atoms with Crippen molar-refractivity contribution in [2.24, 2.45) is 5.73 Å². The van der Waals surface area contributed by atoms with Crippen molar-refractivity contribution < 1.29 is 4.74 Å². The molecule has 0 aromatic heterocycles. The molecule has 0 amide bonds. The van der Waals surface area contributed by atoms with E-state index in [0.717, 1.165) is 16.9 Å². The van der Waals surface area contributed by atoms with Crippen molar-refractivity contribution in [2.75, 3.05) is 5.73 Å². The van der Waals surface area contributed by atoms with E-state index in [4.69, 9.17) is 16.2 Å². The summed E-state index contributed by atoms with van der Waals surface area (Å²) in [5.74, 6) is 0.755. The third-order valence-electron chi connectivity index (χ3n) is 3.52. The van der Waals surface area contributed by atoms with Crippen LogP contribution in [0.1, 0.15) is 12.0 Å². The van der Waals surface area contributed by atoms with Gasteiger partial charge in [-0.3, -0.25) is 5.73 Å². The lowest BCUT2D eigenvalue weighted by Crippen LogP contribution is -2.47. The quantitative estimate of drug-likeness (QED) is 0.668. The lowest BCUT2D eigenvalue weighted by molar-refractivity contribution is 0.140. The maximum Gasteiger partial charge on any atom is 0.188 e. The van der Waals surface area contributed by atoms with Gasteiger partial charge in [0.1, 0.15) is 5.75 Å². The summed E-state index contributed by atoms with van der Waals surface area (Å²) in [5, 5.41) is 0. The van der Waals surface area contributed by atoms with Crippen LogP contribution in [0.25, 0.3) is 5.57 Å². The molecule has 1 aliphatic rings. The van der Waals surface area contributed by atoms with Crippen LogP contribution >= 0.6 is 0 Å². The molecular formula is C18H18N2O. The minimum atomic E-state index is -0.885. The molecule has 0 radical (unpaired) electrons. The second kappa shape index (κ2) is 5.46. The summed E-state index contributed by atoms with van der Waals surface area (Å²) in [6.07, 6.45) is 6.61. The van der Waals surface area contributed by atoms with E-state index in [9.17, 15) is 0 Å². The monoisotopic (exact) mass is 278 g/mol. The Bertz CT molecular complexity index is 691. The predicted molar refractivity (Wildman–Crippen MR) is 86.6 cm³/mol. The molecular weight excluding hydrogens is 260 g/mol. The van der Waals surface area contributed by atoms with Crippen molar-refractivity contribution in [3.8, 4) is 5.75 Å². The molecule has 0 fully saturated rings. The molecule has 0 saturated carbocycles. The van der Waals surface area contributed by atoms with Crippen LogP contribution in [0.3, 0.4) is 0 Å². The Hall–Kier alpha value is -2.52. The molecule has 0 bridgehead atoms. The summed E-state index contributed by atoms with van der Waals surface area (Å²) in [6.45, 7) is 0. The van der Waals surface area contributed by atoms with Gasteiger partial charge in [0, 0.05) is 17.7 Å². The van der Waals surface area contributed by atoms with E-state index in [1.165, 1.54) is 0 Å². The number of nitrogens with two attached hydrogens (primary N) is 2. The molecule has 21 heavy (non-hydrogen) atoms. The van der Waals surface area contributed by atoms with E-state index in [1.807, 2.05) is 72.8 Å². The highest BCUT2D eigenvalue weighted by Gasteiger charge is 2.33. The summed E-state index contributed by atoms with van der Waals surface area (Å²) in [6, 6.07) is 17.3. The Morgan fingerprint density at radius 3 is 2.57 bits per heavy atom. The highest BCUT2D eigenvalue weighted by molar-refractivity contribution is 5.76. The summed E-state index contributed by atoms with van der Waals surface area (Å²) in [5.41, 5.74) is 14.2. The first-order chi connectivity index (χ1) is 10.2. The first-order valence-corrected chi connectivity index (χ1v) is 6.93. The normalized spacial score (nSPS) is 20.9. The number of allylic oxidation sites excluding steroid dienone is 2. The van der Waals surface area contributed by atoms with E-state index in [-0.39, 0.29) is 0 Å². The van der Waals surface area contributed by atoms with Gasteiger partial charge in [0.15, 0.2) is 5.72 Å². The molecule has 0 heterocycles. The third kappa shape index (κ3) is 2.83. The molecule has 2 aromatic rings. The topological polar surface area (TPSA) is 61.3 Å². The standard InChI is InChI=1S/C18H18N2O/c19-15-8-6-7-14(13-15)17-11-4-5-12-18(17,20)21-16-9-2-1-3-10-16/h1-11,13H,12,19-20H2. The molecule has 106 valence electrons. The SMILES string of the molecule is Nc1cccc(C2=CC=CCC2(N)Oc2ccccc2)c1. The molecule has 1 unspecified atom stereocenters. The van der Waals surface area contributed by atoms with Crippen LogP contribution < -0.4 is 16.2 Å². The Morgan fingerprint density at radius 1 is 1.00 bits per heavy atom. The molecule has 0 spiro atoms. The van der Waals surface area contributed by atoms with Crippen LogP contribution in [0.15, 0.2) is 72.8 Å². The van der Waals surface area contributed by atoms with Gasteiger partial charge in [0.05, 0.1) is 0 Å². The fourth-order valence-electron chi connectivity index (χ4n) is 2.50. The number of rotatable bonds is 3. The zero-order valence-corrected chi connectivity index (χ0v) is 11.7. The smallest absolute Gasteiger partial charge is 0.188 e. The minimum absolute atomic E-state index is 0.614. The van der Waals surface area contributed by atoms with Gasteiger partial charge in [-0.1, -0.05) is 48.6 Å². The molecule has 3 nitrogen and oxygen atoms in total. The van der Waals surface area contributed by atoms with Crippen molar-refractivity contribution in [1.82, 2.24) is 0 Å². The summed E-state index contributed by atoms with van der Waals surface area (Å²) in [7, 11) is 0.